The lowest BCUT2D eigenvalue weighted by molar-refractivity contribution is -0.158. The van der Waals surface area contributed by atoms with Crippen molar-refractivity contribution in [1.82, 2.24) is 10.8 Å². The fourth-order valence-electron chi connectivity index (χ4n) is 0.714. The topological polar surface area (TPSA) is 105 Å². The van der Waals surface area contributed by atoms with Gasteiger partial charge in [-0.05, 0) is 13.8 Å². The highest BCUT2D eigenvalue weighted by Gasteiger charge is 2.22. The molecule has 1 amide bonds. The van der Waals surface area contributed by atoms with Crippen LogP contribution in [0.3, 0.4) is 0 Å². The van der Waals surface area contributed by atoms with Crippen LogP contribution in [0.5, 0.6) is 0 Å². The second-order valence-electron chi connectivity index (χ2n) is 3.13. The summed E-state index contributed by atoms with van der Waals surface area (Å²) in [5.74, 6) is -2.03. The zero-order valence-corrected chi connectivity index (χ0v) is 8.52. The number of carboxylic acids is 1. The lowest BCUT2D eigenvalue weighted by Gasteiger charge is -2.14. The number of hydrogen-bond donors (Lipinski definition) is 3. The van der Waals surface area contributed by atoms with Crippen LogP contribution in [0.4, 0.5) is 0 Å². The van der Waals surface area contributed by atoms with E-state index in [9.17, 15) is 14.4 Å². The van der Waals surface area contributed by atoms with Gasteiger partial charge in [0.1, 0.15) is 6.04 Å². The summed E-state index contributed by atoms with van der Waals surface area (Å²) in [5, 5.41) is 10.5. The van der Waals surface area contributed by atoms with Crippen molar-refractivity contribution < 1.29 is 24.3 Å². The van der Waals surface area contributed by atoms with E-state index in [0.29, 0.717) is 0 Å². The molecule has 0 heterocycles. The maximum atomic E-state index is 11.2. The predicted molar refractivity (Wildman–Crippen MR) is 49.6 cm³/mol. The molecule has 0 saturated heterocycles. The van der Waals surface area contributed by atoms with Gasteiger partial charge in [-0.1, -0.05) is 0 Å². The van der Waals surface area contributed by atoms with E-state index in [0.717, 1.165) is 0 Å². The van der Waals surface area contributed by atoms with Crippen molar-refractivity contribution in [2.24, 2.45) is 0 Å². The Kier molecular flexibility index (Phi) is 6.03. The molecule has 0 aliphatic carbocycles. The summed E-state index contributed by atoms with van der Waals surface area (Å²) in [6, 6.07) is -1.26. The minimum absolute atomic E-state index is 0.0874. The quantitative estimate of drug-likeness (QED) is 0.375. The van der Waals surface area contributed by atoms with Crippen LogP contribution < -0.4 is 10.8 Å². The van der Waals surface area contributed by atoms with Gasteiger partial charge in [-0.2, -0.15) is 5.48 Å². The van der Waals surface area contributed by atoms with Gasteiger partial charge in [0.25, 0.3) is 0 Å². The van der Waals surface area contributed by atoms with Crippen LogP contribution in [-0.4, -0.2) is 35.5 Å². The Morgan fingerprint density at radius 1 is 1.47 bits per heavy atom. The van der Waals surface area contributed by atoms with Crippen LogP contribution in [0, 0.1) is 0 Å². The van der Waals surface area contributed by atoms with E-state index in [-0.39, 0.29) is 12.5 Å². The molecule has 0 saturated carbocycles. The summed E-state index contributed by atoms with van der Waals surface area (Å²) in [6.45, 7) is 3.49. The molecule has 0 fully saturated rings. The van der Waals surface area contributed by atoms with E-state index in [1.165, 1.54) is 0 Å². The van der Waals surface area contributed by atoms with Gasteiger partial charge in [-0.25, -0.2) is 4.79 Å². The van der Waals surface area contributed by atoms with Crippen molar-refractivity contribution in [3.8, 4) is 0 Å². The van der Waals surface area contributed by atoms with Gasteiger partial charge >= 0.3 is 11.9 Å². The van der Waals surface area contributed by atoms with E-state index in [1.54, 1.807) is 13.8 Å². The van der Waals surface area contributed by atoms with E-state index < -0.39 is 24.4 Å². The summed E-state index contributed by atoms with van der Waals surface area (Å²) in [6.07, 6.45) is -0.262. The van der Waals surface area contributed by atoms with Crippen LogP contribution in [0.15, 0.2) is 0 Å². The third-order valence-corrected chi connectivity index (χ3v) is 1.33. The van der Waals surface area contributed by atoms with E-state index in [1.807, 2.05) is 0 Å². The summed E-state index contributed by atoms with van der Waals surface area (Å²) in [5.41, 5.74) is 2.36. The van der Waals surface area contributed by atoms with Crippen molar-refractivity contribution in [2.45, 2.75) is 32.4 Å². The third kappa shape index (κ3) is 6.44. The summed E-state index contributed by atoms with van der Waals surface area (Å²) >= 11 is 0. The first-order chi connectivity index (χ1) is 6.97. The average Bonchev–Trinajstić information content (AvgIpc) is 2.12. The first kappa shape index (κ1) is 13.4. The zero-order valence-electron chi connectivity index (χ0n) is 8.52. The highest BCUT2D eigenvalue weighted by molar-refractivity contribution is 5.83. The Labute approximate surface area is 86.7 Å². The second-order valence-corrected chi connectivity index (χ2v) is 3.13. The molecule has 15 heavy (non-hydrogen) atoms. The summed E-state index contributed by atoms with van der Waals surface area (Å²) in [7, 11) is 0. The Morgan fingerprint density at radius 2 is 2.07 bits per heavy atom. The summed E-state index contributed by atoms with van der Waals surface area (Å²) < 4.78 is 0. The number of rotatable bonds is 7. The second kappa shape index (κ2) is 6.77. The molecule has 1 atom stereocenters. The van der Waals surface area contributed by atoms with Crippen LogP contribution in [0.25, 0.3) is 0 Å². The first-order valence-corrected chi connectivity index (χ1v) is 4.35. The highest BCUT2D eigenvalue weighted by Crippen LogP contribution is 1.94. The van der Waals surface area contributed by atoms with Crippen LogP contribution in [-0.2, 0) is 19.2 Å². The highest BCUT2D eigenvalue weighted by atomic mass is 16.7. The Bertz CT molecular complexity index is 241. The first-order valence-electron chi connectivity index (χ1n) is 4.35. The van der Waals surface area contributed by atoms with E-state index in [2.05, 4.69) is 15.6 Å². The van der Waals surface area contributed by atoms with Gasteiger partial charge in [0.05, 0.1) is 6.42 Å². The van der Waals surface area contributed by atoms with E-state index >= 15 is 0 Å². The minimum atomic E-state index is -1.20. The molecular formula is C8H14N2O5. The monoisotopic (exact) mass is 218 g/mol. The molecule has 86 valence electrons. The van der Waals surface area contributed by atoms with Crippen LogP contribution in [0.1, 0.15) is 20.3 Å². The minimum Gasteiger partial charge on any atom is -0.481 e. The van der Waals surface area contributed by atoms with Gasteiger partial charge in [0.2, 0.25) is 6.41 Å². The van der Waals surface area contributed by atoms with Crippen molar-refractivity contribution in [3.05, 3.63) is 0 Å². The maximum absolute atomic E-state index is 11.2. The molecule has 0 aromatic carbocycles. The number of carbonyl (C=O) groups excluding carboxylic acids is 2. The molecule has 7 heteroatoms. The van der Waals surface area contributed by atoms with Crippen molar-refractivity contribution in [2.75, 3.05) is 0 Å². The van der Waals surface area contributed by atoms with Crippen LogP contribution in [0.2, 0.25) is 0 Å². The Balaban J connectivity index is 4.15. The lowest BCUT2D eigenvalue weighted by atomic mass is 10.2. The van der Waals surface area contributed by atoms with Crippen molar-refractivity contribution in [3.63, 3.8) is 0 Å². The number of amides is 1. The number of nitrogens with one attached hydrogen (secondary N) is 2. The SMILES string of the molecule is CC(C)NOC(=O)[C@H](CC(=O)O)NC=O. The van der Waals surface area contributed by atoms with Gasteiger partial charge in [0.15, 0.2) is 0 Å². The number of hydrogen-bond acceptors (Lipinski definition) is 5. The number of carboxylic acid groups (broad SMARTS) is 1. The fourth-order valence-corrected chi connectivity index (χ4v) is 0.714. The fraction of sp³-hybridized carbons (Fsp3) is 0.625. The van der Waals surface area contributed by atoms with Crippen molar-refractivity contribution in [1.29, 1.82) is 0 Å². The average molecular weight is 218 g/mol. The number of carbonyl (C=O) groups is 3. The van der Waals surface area contributed by atoms with E-state index in [4.69, 9.17) is 5.11 Å². The summed E-state index contributed by atoms with van der Waals surface area (Å²) in [4.78, 5) is 36.2. The number of aliphatic carboxylic acids is 1. The molecule has 7 nitrogen and oxygen atoms in total. The number of hydroxylamine groups is 1. The molecule has 0 aromatic rings. The molecule has 0 spiro atoms. The molecule has 0 aliphatic heterocycles. The molecule has 0 aliphatic rings. The van der Waals surface area contributed by atoms with Gasteiger partial charge in [0, 0.05) is 6.04 Å². The molecule has 3 N–H and O–H groups in total. The van der Waals surface area contributed by atoms with Gasteiger partial charge < -0.3 is 15.3 Å². The molecular weight excluding hydrogens is 204 g/mol. The Hall–Kier alpha value is -1.63. The maximum Gasteiger partial charge on any atom is 0.347 e. The molecule has 0 aromatic heterocycles. The third-order valence-electron chi connectivity index (χ3n) is 1.33. The molecule has 0 rings (SSSR count). The smallest absolute Gasteiger partial charge is 0.347 e. The zero-order chi connectivity index (χ0) is 11.8. The lowest BCUT2D eigenvalue weighted by Crippen LogP contribution is -2.42. The largest absolute Gasteiger partial charge is 0.481 e. The molecule has 0 radical (unpaired) electrons. The van der Waals surface area contributed by atoms with Crippen LogP contribution >= 0.6 is 0 Å². The van der Waals surface area contributed by atoms with Gasteiger partial charge in [-0.3, -0.25) is 9.59 Å². The molecule has 0 bridgehead atoms. The standard InChI is InChI=1S/C8H14N2O5/c1-5(2)10-15-8(14)6(9-4-11)3-7(12)13/h4-6,10H,3H2,1-2H3,(H,9,11)(H,12,13)/t6-/m0/s1. The Morgan fingerprint density at radius 3 is 2.47 bits per heavy atom. The normalized spacial score (nSPS) is 11.9. The molecule has 0 unspecified atom stereocenters. The predicted octanol–water partition coefficient (Wildman–Crippen LogP) is -0.968. The van der Waals surface area contributed by atoms with Gasteiger partial charge in [-0.15, -0.1) is 0 Å². The van der Waals surface area contributed by atoms with Crippen molar-refractivity contribution >= 4 is 18.3 Å².